The van der Waals surface area contributed by atoms with Crippen LogP contribution in [-0.4, -0.2) is 25.1 Å². The minimum atomic E-state index is -0.485. The maximum absolute atomic E-state index is 11.9. The minimum Gasteiger partial charge on any atom is -0.467 e. The third-order valence-corrected chi connectivity index (χ3v) is 3.05. The summed E-state index contributed by atoms with van der Waals surface area (Å²) in [4.78, 5) is 22.8. The zero-order valence-electron chi connectivity index (χ0n) is 14.0. The van der Waals surface area contributed by atoms with Crippen molar-refractivity contribution in [2.45, 2.75) is 33.2 Å². The van der Waals surface area contributed by atoms with E-state index in [1.165, 1.54) is 14.0 Å². The van der Waals surface area contributed by atoms with Crippen molar-refractivity contribution in [3.8, 4) is 5.75 Å². The number of benzene rings is 1. The normalized spacial score (nSPS) is 12.8. The van der Waals surface area contributed by atoms with E-state index in [1.54, 1.807) is 12.1 Å². The molecule has 0 aliphatic rings. The standard InChI is InChI=1S/C18H23NO4/c1-5-6-7-13(2)19-17(18(21)22-4)12-15-8-10-16(11-9-15)23-14(3)20/h5-11,17,19H,12H2,1-4H3/b6-5+,13-7-. The fourth-order valence-corrected chi connectivity index (χ4v) is 1.99. The van der Waals surface area contributed by atoms with Crippen LogP contribution in [0.15, 0.2) is 48.2 Å². The molecule has 23 heavy (non-hydrogen) atoms. The zero-order chi connectivity index (χ0) is 17.2. The van der Waals surface area contributed by atoms with E-state index in [0.29, 0.717) is 12.2 Å². The van der Waals surface area contributed by atoms with Gasteiger partial charge in [0.2, 0.25) is 0 Å². The lowest BCUT2D eigenvalue weighted by atomic mass is 10.1. The summed E-state index contributed by atoms with van der Waals surface area (Å²) in [5.41, 5.74) is 1.80. The van der Waals surface area contributed by atoms with Gasteiger partial charge in [0.25, 0.3) is 0 Å². The maximum atomic E-state index is 11.9. The lowest BCUT2D eigenvalue weighted by molar-refractivity contribution is -0.142. The molecule has 0 aromatic heterocycles. The van der Waals surface area contributed by atoms with Crippen LogP contribution in [0.5, 0.6) is 5.75 Å². The Bertz CT molecular complexity index is 588. The first-order valence-electron chi connectivity index (χ1n) is 7.37. The van der Waals surface area contributed by atoms with Crippen LogP contribution in [0.2, 0.25) is 0 Å². The highest BCUT2D eigenvalue weighted by Gasteiger charge is 2.19. The van der Waals surface area contributed by atoms with Crippen molar-refractivity contribution >= 4 is 11.9 Å². The van der Waals surface area contributed by atoms with E-state index < -0.39 is 6.04 Å². The number of methoxy groups -OCH3 is 1. The van der Waals surface area contributed by atoms with Crippen molar-refractivity contribution in [2.75, 3.05) is 7.11 Å². The largest absolute Gasteiger partial charge is 0.467 e. The molecule has 1 rings (SSSR count). The fourth-order valence-electron chi connectivity index (χ4n) is 1.99. The quantitative estimate of drug-likeness (QED) is 0.476. The second-order valence-electron chi connectivity index (χ2n) is 5.04. The van der Waals surface area contributed by atoms with Crippen LogP contribution in [-0.2, 0) is 20.7 Å². The predicted molar refractivity (Wildman–Crippen MR) is 89.0 cm³/mol. The highest BCUT2D eigenvalue weighted by atomic mass is 16.5. The van der Waals surface area contributed by atoms with E-state index in [2.05, 4.69) is 5.32 Å². The number of hydrogen-bond acceptors (Lipinski definition) is 5. The van der Waals surface area contributed by atoms with Crippen LogP contribution in [0.3, 0.4) is 0 Å². The summed E-state index contributed by atoms with van der Waals surface area (Å²) >= 11 is 0. The number of carbonyl (C=O) groups excluding carboxylic acids is 2. The molecule has 0 spiro atoms. The van der Waals surface area contributed by atoms with Gasteiger partial charge in [-0.15, -0.1) is 0 Å². The molecule has 5 nitrogen and oxygen atoms in total. The molecular weight excluding hydrogens is 294 g/mol. The van der Waals surface area contributed by atoms with Gasteiger partial charge < -0.3 is 14.8 Å². The van der Waals surface area contributed by atoms with Gasteiger partial charge in [0, 0.05) is 19.0 Å². The molecule has 1 aromatic carbocycles. The molecule has 5 heteroatoms. The number of allylic oxidation sites excluding steroid dienone is 4. The zero-order valence-corrected chi connectivity index (χ0v) is 14.0. The van der Waals surface area contributed by atoms with Crippen molar-refractivity contribution in [2.24, 2.45) is 0 Å². The Labute approximate surface area is 137 Å². The molecule has 0 saturated heterocycles. The summed E-state index contributed by atoms with van der Waals surface area (Å²) in [6, 6.07) is 6.56. The molecule has 0 aliphatic carbocycles. The van der Waals surface area contributed by atoms with E-state index in [4.69, 9.17) is 9.47 Å². The van der Waals surface area contributed by atoms with Gasteiger partial charge in [-0.25, -0.2) is 4.79 Å². The van der Waals surface area contributed by atoms with Crippen LogP contribution >= 0.6 is 0 Å². The van der Waals surface area contributed by atoms with Crippen molar-refractivity contribution in [3.05, 3.63) is 53.8 Å². The Kier molecular flexibility index (Phi) is 7.60. The summed E-state index contributed by atoms with van der Waals surface area (Å²) in [5, 5.41) is 3.15. The number of rotatable bonds is 7. The average molecular weight is 317 g/mol. The molecule has 0 heterocycles. The van der Waals surface area contributed by atoms with Crippen LogP contribution in [0.25, 0.3) is 0 Å². The highest BCUT2D eigenvalue weighted by molar-refractivity contribution is 5.76. The van der Waals surface area contributed by atoms with Crippen molar-refractivity contribution in [3.63, 3.8) is 0 Å². The van der Waals surface area contributed by atoms with Crippen molar-refractivity contribution in [1.82, 2.24) is 5.32 Å². The second-order valence-corrected chi connectivity index (χ2v) is 5.04. The van der Waals surface area contributed by atoms with Crippen LogP contribution in [0.1, 0.15) is 26.3 Å². The SMILES string of the molecule is C/C=C/C=C(/C)NC(Cc1ccc(OC(C)=O)cc1)C(=O)OC. The van der Waals surface area contributed by atoms with Crippen molar-refractivity contribution < 1.29 is 19.1 Å². The van der Waals surface area contributed by atoms with Gasteiger partial charge in [-0.3, -0.25) is 4.79 Å². The smallest absolute Gasteiger partial charge is 0.328 e. The minimum absolute atomic E-state index is 0.331. The van der Waals surface area contributed by atoms with Gasteiger partial charge in [-0.05, 0) is 37.6 Å². The van der Waals surface area contributed by atoms with Gasteiger partial charge in [-0.1, -0.05) is 24.3 Å². The first-order valence-corrected chi connectivity index (χ1v) is 7.37. The number of nitrogens with one attached hydrogen (secondary N) is 1. The van der Waals surface area contributed by atoms with E-state index in [1.807, 2.05) is 44.2 Å². The van der Waals surface area contributed by atoms with Gasteiger partial charge in [0.1, 0.15) is 11.8 Å². The predicted octanol–water partition coefficient (Wildman–Crippen LogP) is 2.77. The molecule has 0 fully saturated rings. The first kappa shape index (κ1) is 18.5. The second kappa shape index (κ2) is 9.46. The van der Waals surface area contributed by atoms with E-state index in [9.17, 15) is 9.59 Å². The summed E-state index contributed by atoms with van der Waals surface area (Å²) in [7, 11) is 1.37. The van der Waals surface area contributed by atoms with E-state index in [0.717, 1.165) is 11.3 Å². The van der Waals surface area contributed by atoms with Gasteiger partial charge >= 0.3 is 11.9 Å². The molecular formula is C18H23NO4. The highest BCUT2D eigenvalue weighted by Crippen LogP contribution is 2.14. The van der Waals surface area contributed by atoms with E-state index >= 15 is 0 Å². The first-order chi connectivity index (χ1) is 11.0. The molecule has 124 valence electrons. The number of hydrogen-bond donors (Lipinski definition) is 1. The Hall–Kier alpha value is -2.56. The van der Waals surface area contributed by atoms with Crippen LogP contribution in [0, 0.1) is 0 Å². The molecule has 1 N–H and O–H groups in total. The van der Waals surface area contributed by atoms with Crippen molar-refractivity contribution in [1.29, 1.82) is 0 Å². The third kappa shape index (κ3) is 6.82. The Morgan fingerprint density at radius 1 is 1.22 bits per heavy atom. The topological polar surface area (TPSA) is 64.6 Å². The molecule has 1 unspecified atom stereocenters. The third-order valence-electron chi connectivity index (χ3n) is 3.05. The molecule has 0 radical (unpaired) electrons. The molecule has 0 bridgehead atoms. The summed E-state index contributed by atoms with van der Waals surface area (Å²) in [5.74, 6) is -0.216. The van der Waals surface area contributed by atoms with Gasteiger partial charge in [0.15, 0.2) is 0 Å². The Morgan fingerprint density at radius 3 is 2.39 bits per heavy atom. The van der Waals surface area contributed by atoms with Crippen LogP contribution in [0.4, 0.5) is 0 Å². The Balaban J connectivity index is 2.80. The number of ether oxygens (including phenoxy) is 2. The monoisotopic (exact) mass is 317 g/mol. The lowest BCUT2D eigenvalue weighted by Crippen LogP contribution is -2.38. The fraction of sp³-hybridized carbons (Fsp3) is 0.333. The summed E-state index contributed by atoms with van der Waals surface area (Å²) < 4.78 is 9.84. The molecule has 1 aromatic rings. The Morgan fingerprint density at radius 2 is 1.87 bits per heavy atom. The van der Waals surface area contributed by atoms with E-state index in [-0.39, 0.29) is 11.9 Å². The average Bonchev–Trinajstić information content (AvgIpc) is 2.52. The molecule has 0 aliphatic heterocycles. The molecule has 0 amide bonds. The lowest BCUT2D eigenvalue weighted by Gasteiger charge is -2.18. The summed E-state index contributed by atoms with van der Waals surface area (Å²) in [6.07, 6.45) is 6.16. The maximum Gasteiger partial charge on any atom is 0.328 e. The number of esters is 2. The number of carbonyl (C=O) groups is 2. The molecule has 1 atom stereocenters. The molecule has 0 saturated carbocycles. The summed E-state index contributed by atoms with van der Waals surface area (Å²) in [6.45, 7) is 5.16. The van der Waals surface area contributed by atoms with Gasteiger partial charge in [-0.2, -0.15) is 0 Å². The van der Waals surface area contributed by atoms with Crippen LogP contribution < -0.4 is 10.1 Å². The van der Waals surface area contributed by atoms with Gasteiger partial charge in [0.05, 0.1) is 7.11 Å².